The highest BCUT2D eigenvalue weighted by Gasteiger charge is 2.17. The molecular weight excluding hydrogens is 262 g/mol. The number of nitrogens with one attached hydrogen (secondary N) is 1. The van der Waals surface area contributed by atoms with E-state index in [1.54, 1.807) is 6.07 Å². The van der Waals surface area contributed by atoms with Gasteiger partial charge >= 0.3 is 0 Å². The van der Waals surface area contributed by atoms with E-state index < -0.39 is 10.0 Å². The van der Waals surface area contributed by atoms with Gasteiger partial charge in [0, 0.05) is 0 Å². The Morgan fingerprint density at radius 3 is 2.53 bits per heavy atom. The molecule has 0 unspecified atom stereocenters. The standard InChI is InChI=1S/C14H21NO3S/c1-11-8-9-13(15-19(2,16)17)14(10-11)18-12-6-4-3-5-7-12/h8-10,12,15H,3-7H2,1-2H3. The molecule has 2 rings (SSSR count). The molecule has 1 fully saturated rings. The lowest BCUT2D eigenvalue weighted by Crippen LogP contribution is -2.21. The highest BCUT2D eigenvalue weighted by molar-refractivity contribution is 7.92. The van der Waals surface area contributed by atoms with Gasteiger partial charge in [0.1, 0.15) is 5.75 Å². The normalized spacial score (nSPS) is 17.2. The van der Waals surface area contributed by atoms with Crippen LogP contribution in [0.2, 0.25) is 0 Å². The number of hydrogen-bond acceptors (Lipinski definition) is 3. The van der Waals surface area contributed by atoms with Crippen molar-refractivity contribution in [2.24, 2.45) is 0 Å². The fraction of sp³-hybridized carbons (Fsp3) is 0.571. The van der Waals surface area contributed by atoms with Crippen molar-refractivity contribution in [3.63, 3.8) is 0 Å². The first-order valence-corrected chi connectivity index (χ1v) is 8.58. The monoisotopic (exact) mass is 283 g/mol. The predicted molar refractivity (Wildman–Crippen MR) is 77.1 cm³/mol. The minimum absolute atomic E-state index is 0.204. The molecule has 0 aromatic heterocycles. The van der Waals surface area contributed by atoms with Crippen molar-refractivity contribution < 1.29 is 13.2 Å². The van der Waals surface area contributed by atoms with Crippen LogP contribution in [0.15, 0.2) is 18.2 Å². The van der Waals surface area contributed by atoms with Crippen LogP contribution in [0.1, 0.15) is 37.7 Å². The molecule has 0 amide bonds. The summed E-state index contributed by atoms with van der Waals surface area (Å²) in [4.78, 5) is 0. The van der Waals surface area contributed by atoms with Crippen LogP contribution in [0.5, 0.6) is 5.75 Å². The third kappa shape index (κ3) is 4.42. The Hall–Kier alpha value is -1.23. The van der Waals surface area contributed by atoms with Crippen LogP contribution in [-0.2, 0) is 10.0 Å². The third-order valence-electron chi connectivity index (χ3n) is 3.28. The van der Waals surface area contributed by atoms with Crippen LogP contribution in [0.4, 0.5) is 5.69 Å². The average molecular weight is 283 g/mol. The van der Waals surface area contributed by atoms with Crippen molar-refractivity contribution in [3.8, 4) is 5.75 Å². The highest BCUT2D eigenvalue weighted by atomic mass is 32.2. The molecule has 0 atom stereocenters. The first-order valence-electron chi connectivity index (χ1n) is 6.69. The van der Waals surface area contributed by atoms with Crippen LogP contribution in [0.25, 0.3) is 0 Å². The van der Waals surface area contributed by atoms with Crippen LogP contribution in [0.3, 0.4) is 0 Å². The summed E-state index contributed by atoms with van der Waals surface area (Å²) in [5, 5.41) is 0. The molecule has 5 heteroatoms. The number of aryl methyl sites for hydroxylation is 1. The van der Waals surface area contributed by atoms with E-state index in [1.165, 1.54) is 19.3 Å². The molecule has 1 aliphatic carbocycles. The maximum Gasteiger partial charge on any atom is 0.229 e. The maximum absolute atomic E-state index is 11.4. The number of benzene rings is 1. The van der Waals surface area contributed by atoms with E-state index in [2.05, 4.69) is 4.72 Å². The molecule has 106 valence electrons. The molecule has 19 heavy (non-hydrogen) atoms. The summed E-state index contributed by atoms with van der Waals surface area (Å²) in [6.45, 7) is 1.97. The van der Waals surface area contributed by atoms with Crippen molar-refractivity contribution in [2.75, 3.05) is 11.0 Å². The molecule has 0 bridgehead atoms. The van der Waals surface area contributed by atoms with E-state index in [9.17, 15) is 8.42 Å². The van der Waals surface area contributed by atoms with Crippen LogP contribution < -0.4 is 9.46 Å². The second kappa shape index (κ2) is 5.82. The van der Waals surface area contributed by atoms with Crippen molar-refractivity contribution in [3.05, 3.63) is 23.8 Å². The zero-order valence-corrected chi connectivity index (χ0v) is 12.3. The lowest BCUT2D eigenvalue weighted by molar-refractivity contribution is 0.156. The van der Waals surface area contributed by atoms with Gasteiger partial charge in [-0.1, -0.05) is 12.5 Å². The van der Waals surface area contributed by atoms with Gasteiger partial charge in [-0.25, -0.2) is 8.42 Å². The molecule has 1 N–H and O–H groups in total. The smallest absolute Gasteiger partial charge is 0.229 e. The average Bonchev–Trinajstić information content (AvgIpc) is 2.32. The second-order valence-electron chi connectivity index (χ2n) is 5.25. The largest absolute Gasteiger partial charge is 0.488 e. The minimum atomic E-state index is -3.28. The molecule has 0 heterocycles. The Bertz CT molecular complexity index is 534. The minimum Gasteiger partial charge on any atom is -0.488 e. The van der Waals surface area contributed by atoms with Crippen LogP contribution >= 0.6 is 0 Å². The zero-order valence-electron chi connectivity index (χ0n) is 11.5. The van der Waals surface area contributed by atoms with E-state index >= 15 is 0 Å². The third-order valence-corrected chi connectivity index (χ3v) is 3.87. The van der Waals surface area contributed by atoms with E-state index in [4.69, 9.17) is 4.74 Å². The number of hydrogen-bond donors (Lipinski definition) is 1. The predicted octanol–water partition coefficient (Wildman–Crippen LogP) is 3.08. The molecular formula is C14H21NO3S. The van der Waals surface area contributed by atoms with Gasteiger partial charge in [0.25, 0.3) is 0 Å². The topological polar surface area (TPSA) is 55.4 Å². The summed E-state index contributed by atoms with van der Waals surface area (Å²) >= 11 is 0. The summed E-state index contributed by atoms with van der Waals surface area (Å²) in [5.41, 5.74) is 1.59. The molecule has 1 saturated carbocycles. The van der Waals surface area contributed by atoms with E-state index in [1.807, 2.05) is 19.1 Å². The zero-order chi connectivity index (χ0) is 13.9. The van der Waals surface area contributed by atoms with Crippen molar-refractivity contribution in [1.29, 1.82) is 0 Å². The Labute approximate surface area is 115 Å². The summed E-state index contributed by atoms with van der Waals surface area (Å²) in [6.07, 6.45) is 7.09. The fourth-order valence-electron chi connectivity index (χ4n) is 2.37. The van der Waals surface area contributed by atoms with Gasteiger partial charge in [0.2, 0.25) is 10.0 Å². The van der Waals surface area contributed by atoms with Crippen molar-refractivity contribution >= 4 is 15.7 Å². The Kier molecular flexibility index (Phi) is 4.34. The van der Waals surface area contributed by atoms with Gasteiger partial charge in [0.05, 0.1) is 18.0 Å². The van der Waals surface area contributed by atoms with Crippen molar-refractivity contribution in [1.82, 2.24) is 0 Å². The Morgan fingerprint density at radius 2 is 1.89 bits per heavy atom. The van der Waals surface area contributed by atoms with Crippen LogP contribution in [0, 0.1) is 6.92 Å². The number of anilines is 1. The molecule has 0 spiro atoms. The van der Waals surface area contributed by atoms with Gasteiger partial charge in [0.15, 0.2) is 0 Å². The van der Waals surface area contributed by atoms with E-state index in [0.717, 1.165) is 24.7 Å². The lowest BCUT2D eigenvalue weighted by atomic mass is 9.98. The fourth-order valence-corrected chi connectivity index (χ4v) is 2.94. The first-order chi connectivity index (χ1) is 8.94. The Balaban J connectivity index is 2.19. The quantitative estimate of drug-likeness (QED) is 0.924. The summed E-state index contributed by atoms with van der Waals surface area (Å²) in [7, 11) is -3.28. The van der Waals surface area contributed by atoms with E-state index in [0.29, 0.717) is 11.4 Å². The van der Waals surface area contributed by atoms with E-state index in [-0.39, 0.29) is 6.10 Å². The Morgan fingerprint density at radius 1 is 1.21 bits per heavy atom. The molecule has 4 nitrogen and oxygen atoms in total. The molecule has 1 aromatic carbocycles. The highest BCUT2D eigenvalue weighted by Crippen LogP contribution is 2.30. The summed E-state index contributed by atoms with van der Waals surface area (Å²) < 4.78 is 31.2. The first kappa shape index (κ1) is 14.2. The number of rotatable bonds is 4. The number of ether oxygens (including phenoxy) is 1. The molecule has 0 aliphatic heterocycles. The van der Waals surface area contributed by atoms with Gasteiger partial charge < -0.3 is 4.74 Å². The molecule has 0 radical (unpaired) electrons. The summed E-state index contributed by atoms with van der Waals surface area (Å²) in [5.74, 6) is 0.636. The van der Waals surface area contributed by atoms with Gasteiger partial charge in [-0.15, -0.1) is 0 Å². The molecule has 0 saturated heterocycles. The van der Waals surface area contributed by atoms with Gasteiger partial charge in [-0.3, -0.25) is 4.72 Å². The second-order valence-corrected chi connectivity index (χ2v) is 7.00. The lowest BCUT2D eigenvalue weighted by Gasteiger charge is -2.24. The SMILES string of the molecule is Cc1ccc(NS(C)(=O)=O)c(OC2CCCCC2)c1. The maximum atomic E-state index is 11.4. The molecule has 1 aliphatic rings. The number of sulfonamides is 1. The molecule has 1 aromatic rings. The van der Waals surface area contributed by atoms with Crippen molar-refractivity contribution in [2.45, 2.75) is 45.1 Å². The van der Waals surface area contributed by atoms with Crippen LogP contribution in [-0.4, -0.2) is 20.8 Å². The van der Waals surface area contributed by atoms with Gasteiger partial charge in [-0.2, -0.15) is 0 Å². The van der Waals surface area contributed by atoms with Gasteiger partial charge in [-0.05, 0) is 50.3 Å². The summed E-state index contributed by atoms with van der Waals surface area (Å²) in [6, 6.07) is 5.53.